The largest absolute Gasteiger partial charge is 0.387 e. The van der Waals surface area contributed by atoms with Crippen molar-refractivity contribution in [2.24, 2.45) is 15.9 Å². The number of aliphatic imine (C=N–C) groups is 2. The van der Waals surface area contributed by atoms with Crippen LogP contribution in [0.5, 0.6) is 0 Å². The van der Waals surface area contributed by atoms with Crippen LogP contribution in [0.25, 0.3) is 0 Å². The van der Waals surface area contributed by atoms with Crippen LogP contribution in [0.4, 0.5) is 0 Å². The minimum atomic E-state index is 0.154. The van der Waals surface area contributed by atoms with Crippen LogP contribution in [-0.4, -0.2) is 57.1 Å². The summed E-state index contributed by atoms with van der Waals surface area (Å²) in [7, 11) is 5.97. The quantitative estimate of drug-likeness (QED) is 0.680. The van der Waals surface area contributed by atoms with E-state index in [-0.39, 0.29) is 6.04 Å². The highest BCUT2D eigenvalue weighted by atomic mass is 15.1. The van der Waals surface area contributed by atoms with Gasteiger partial charge in [0.15, 0.2) is 0 Å². The molecule has 0 bridgehead atoms. The second kappa shape index (κ2) is 9.18. The van der Waals surface area contributed by atoms with Crippen molar-refractivity contribution in [1.82, 2.24) is 15.5 Å². The smallest absolute Gasteiger partial charge is 0.0873 e. The zero-order valence-corrected chi connectivity index (χ0v) is 17.1. The maximum atomic E-state index is 4.45. The van der Waals surface area contributed by atoms with Crippen molar-refractivity contribution in [1.29, 1.82) is 0 Å². The molecule has 3 aliphatic rings. The SMILES string of the molecule is C/N=C\C1=NC=CC(NC)/C1=C\NCC1=CC(C)=C(CC2CCC2)N(C)C1. The third kappa shape index (κ3) is 4.78. The average molecular weight is 368 g/mol. The molecule has 146 valence electrons. The Kier molecular flexibility index (Phi) is 6.67. The van der Waals surface area contributed by atoms with Crippen molar-refractivity contribution < 1.29 is 0 Å². The van der Waals surface area contributed by atoms with Crippen LogP contribution in [-0.2, 0) is 0 Å². The van der Waals surface area contributed by atoms with Gasteiger partial charge in [0.2, 0.25) is 0 Å². The maximum Gasteiger partial charge on any atom is 0.0873 e. The molecule has 1 saturated carbocycles. The molecule has 3 rings (SSSR count). The lowest BCUT2D eigenvalue weighted by atomic mass is 9.81. The number of nitrogens with one attached hydrogen (secondary N) is 2. The molecule has 1 fully saturated rings. The molecule has 0 radical (unpaired) electrons. The minimum Gasteiger partial charge on any atom is -0.387 e. The van der Waals surface area contributed by atoms with Crippen LogP contribution in [0.15, 0.2) is 57.0 Å². The van der Waals surface area contributed by atoms with E-state index in [9.17, 15) is 0 Å². The van der Waals surface area contributed by atoms with Crippen molar-refractivity contribution in [2.45, 2.75) is 38.6 Å². The molecule has 1 aliphatic carbocycles. The lowest BCUT2D eigenvalue weighted by Gasteiger charge is -2.34. The fourth-order valence-electron chi connectivity index (χ4n) is 4.01. The molecule has 0 amide bonds. The van der Waals surface area contributed by atoms with Gasteiger partial charge in [0.25, 0.3) is 0 Å². The molecule has 27 heavy (non-hydrogen) atoms. The van der Waals surface area contributed by atoms with Gasteiger partial charge in [0, 0.05) is 57.1 Å². The van der Waals surface area contributed by atoms with Gasteiger partial charge in [-0.3, -0.25) is 9.98 Å². The summed E-state index contributed by atoms with van der Waals surface area (Å²) in [5, 5.41) is 6.81. The van der Waals surface area contributed by atoms with E-state index in [2.05, 4.69) is 57.8 Å². The first-order valence-electron chi connectivity index (χ1n) is 10.0. The first kappa shape index (κ1) is 19.6. The summed E-state index contributed by atoms with van der Waals surface area (Å²) in [6, 6.07) is 0.154. The highest BCUT2D eigenvalue weighted by Gasteiger charge is 2.23. The molecule has 0 aromatic carbocycles. The van der Waals surface area contributed by atoms with Crippen molar-refractivity contribution in [3.8, 4) is 0 Å². The Morgan fingerprint density at radius 2 is 2.19 bits per heavy atom. The van der Waals surface area contributed by atoms with E-state index in [1.165, 1.54) is 42.5 Å². The standard InChI is InChI=1S/C22H33N5/c1-16-10-18(15-27(4)22(16)11-17-6-5-7-17)12-25-13-19-20(24-3)8-9-26-21(19)14-23-2/h8-10,13-14,17,20,24-25H,5-7,11-12,15H2,1-4H3/b19-13+,23-14-. The fraction of sp³-hybridized carbons (Fsp3) is 0.545. The Bertz CT molecular complexity index is 719. The van der Waals surface area contributed by atoms with Gasteiger partial charge < -0.3 is 15.5 Å². The molecular formula is C22H33N5. The molecule has 0 saturated heterocycles. The minimum absolute atomic E-state index is 0.154. The highest BCUT2D eigenvalue weighted by Crippen LogP contribution is 2.35. The summed E-state index contributed by atoms with van der Waals surface area (Å²) in [4.78, 5) is 11.0. The van der Waals surface area contributed by atoms with E-state index in [0.29, 0.717) is 0 Å². The molecular weight excluding hydrogens is 334 g/mol. The van der Waals surface area contributed by atoms with Crippen LogP contribution in [0.2, 0.25) is 0 Å². The average Bonchev–Trinajstić information content (AvgIpc) is 2.61. The van der Waals surface area contributed by atoms with Crippen molar-refractivity contribution in [3.63, 3.8) is 0 Å². The molecule has 2 heterocycles. The Labute approximate surface area is 163 Å². The van der Waals surface area contributed by atoms with Gasteiger partial charge >= 0.3 is 0 Å². The predicted octanol–water partition coefficient (Wildman–Crippen LogP) is 3.05. The van der Waals surface area contributed by atoms with Crippen LogP contribution in [0, 0.1) is 5.92 Å². The lowest BCUT2D eigenvalue weighted by molar-refractivity contribution is 0.281. The van der Waals surface area contributed by atoms with E-state index in [1.54, 1.807) is 7.05 Å². The van der Waals surface area contributed by atoms with Crippen molar-refractivity contribution in [3.05, 3.63) is 47.0 Å². The van der Waals surface area contributed by atoms with E-state index in [4.69, 9.17) is 0 Å². The highest BCUT2D eigenvalue weighted by molar-refractivity contribution is 6.39. The topological polar surface area (TPSA) is 52.0 Å². The zero-order chi connectivity index (χ0) is 19.2. The molecule has 2 aliphatic heterocycles. The molecule has 0 aromatic rings. The van der Waals surface area contributed by atoms with Crippen molar-refractivity contribution in [2.75, 3.05) is 34.2 Å². The fourth-order valence-corrected chi connectivity index (χ4v) is 4.01. The van der Waals surface area contributed by atoms with Crippen LogP contribution >= 0.6 is 0 Å². The molecule has 1 atom stereocenters. The van der Waals surface area contributed by atoms with E-state index in [1.807, 2.05) is 19.5 Å². The summed E-state index contributed by atoms with van der Waals surface area (Å²) in [5.41, 5.74) is 6.39. The van der Waals surface area contributed by atoms with Gasteiger partial charge in [-0.15, -0.1) is 0 Å². The summed E-state index contributed by atoms with van der Waals surface area (Å²) >= 11 is 0. The number of likely N-dealkylation sites (N-methyl/N-ethyl adjacent to an activating group) is 2. The van der Waals surface area contributed by atoms with Crippen LogP contribution in [0.1, 0.15) is 32.6 Å². The lowest BCUT2D eigenvalue weighted by Crippen LogP contribution is -2.33. The maximum absolute atomic E-state index is 4.45. The van der Waals surface area contributed by atoms with Crippen LogP contribution in [0.3, 0.4) is 0 Å². The van der Waals surface area contributed by atoms with Gasteiger partial charge in [-0.2, -0.15) is 0 Å². The number of rotatable bonds is 7. The molecule has 1 unspecified atom stereocenters. The number of hydrogen-bond donors (Lipinski definition) is 2. The summed E-state index contributed by atoms with van der Waals surface area (Å²) < 4.78 is 0. The zero-order valence-electron chi connectivity index (χ0n) is 17.1. The third-order valence-electron chi connectivity index (χ3n) is 5.76. The van der Waals surface area contributed by atoms with Crippen LogP contribution < -0.4 is 10.6 Å². The monoisotopic (exact) mass is 367 g/mol. The molecule has 5 nitrogen and oxygen atoms in total. The van der Waals surface area contributed by atoms with Gasteiger partial charge in [-0.05, 0) is 43.5 Å². The first-order chi connectivity index (χ1) is 13.1. The number of nitrogens with zero attached hydrogens (tertiary/aromatic N) is 3. The Hall–Kier alpha value is -2.14. The first-order valence-corrected chi connectivity index (χ1v) is 10.0. The van der Waals surface area contributed by atoms with Gasteiger partial charge in [0.05, 0.1) is 11.8 Å². The number of hydrogen-bond acceptors (Lipinski definition) is 5. The Morgan fingerprint density at radius 3 is 2.81 bits per heavy atom. The molecule has 2 N–H and O–H groups in total. The summed E-state index contributed by atoms with van der Waals surface area (Å²) in [6.45, 7) is 4.11. The second-order valence-electron chi connectivity index (χ2n) is 7.78. The van der Waals surface area contributed by atoms with Crippen molar-refractivity contribution >= 4 is 11.9 Å². The normalized spacial score (nSPS) is 25.1. The van der Waals surface area contributed by atoms with Gasteiger partial charge in [0.1, 0.15) is 0 Å². The van der Waals surface area contributed by atoms with Gasteiger partial charge in [-0.25, -0.2) is 0 Å². The molecule has 0 spiro atoms. The predicted molar refractivity (Wildman–Crippen MR) is 115 cm³/mol. The van der Waals surface area contributed by atoms with E-state index < -0.39 is 0 Å². The van der Waals surface area contributed by atoms with E-state index in [0.717, 1.165) is 30.3 Å². The second-order valence-corrected chi connectivity index (χ2v) is 7.78. The Balaban J connectivity index is 1.65. The van der Waals surface area contributed by atoms with Gasteiger partial charge in [-0.1, -0.05) is 25.3 Å². The summed E-state index contributed by atoms with van der Waals surface area (Å²) in [5.74, 6) is 0.908. The number of allylic oxidation sites excluding steroid dienone is 3. The molecule has 5 heteroatoms. The summed E-state index contributed by atoms with van der Waals surface area (Å²) in [6.07, 6.45) is 15.6. The molecule has 0 aromatic heterocycles. The Morgan fingerprint density at radius 1 is 1.37 bits per heavy atom. The third-order valence-corrected chi connectivity index (χ3v) is 5.76. The van der Waals surface area contributed by atoms with E-state index >= 15 is 0 Å².